The Kier molecular flexibility index (Phi) is 9.34. The number of primary amides is 1. The van der Waals surface area contributed by atoms with Crippen molar-refractivity contribution in [1.29, 1.82) is 0 Å². The van der Waals surface area contributed by atoms with Crippen LogP contribution in [-0.4, -0.2) is 34.0 Å². The zero-order valence-electron chi connectivity index (χ0n) is 24.6. The summed E-state index contributed by atoms with van der Waals surface area (Å²) in [5.74, 6) is 3.85. The molecule has 0 aromatic rings. The Bertz CT molecular complexity index is 905. The molecule has 0 saturated heterocycles. The average molecular weight is 547 g/mol. The van der Waals surface area contributed by atoms with Crippen LogP contribution in [0.15, 0.2) is 11.6 Å². The summed E-state index contributed by atoms with van der Waals surface area (Å²) >= 11 is 1.30. The normalized spacial score (nSPS) is 38.9. The number of carbonyl (C=O) groups excluding carboxylic acids is 1. The van der Waals surface area contributed by atoms with Crippen molar-refractivity contribution in [3.8, 4) is 0 Å². The Morgan fingerprint density at radius 1 is 1.08 bits per heavy atom. The van der Waals surface area contributed by atoms with E-state index in [4.69, 9.17) is 11.5 Å². The van der Waals surface area contributed by atoms with Gasteiger partial charge in [-0.25, -0.2) is 0 Å². The van der Waals surface area contributed by atoms with Gasteiger partial charge in [-0.2, -0.15) is 0 Å². The topological polar surface area (TPSA) is 106 Å². The van der Waals surface area contributed by atoms with Crippen molar-refractivity contribution < 1.29 is 14.7 Å². The fourth-order valence-electron chi connectivity index (χ4n) is 9.67. The first-order chi connectivity index (χ1) is 17.9. The molecule has 38 heavy (non-hydrogen) atoms. The third-order valence-corrected chi connectivity index (χ3v) is 13.3. The summed E-state index contributed by atoms with van der Waals surface area (Å²) in [4.78, 5) is 23.6. The number of thioether (sulfide) groups is 1. The second-order valence-electron chi connectivity index (χ2n) is 14.4. The second-order valence-corrected chi connectivity index (χ2v) is 15.6. The van der Waals surface area contributed by atoms with Gasteiger partial charge in [0.15, 0.2) is 0 Å². The lowest BCUT2D eigenvalue weighted by Crippen LogP contribution is -2.51. The molecule has 4 aliphatic carbocycles. The van der Waals surface area contributed by atoms with Crippen LogP contribution in [0.2, 0.25) is 0 Å². The van der Waals surface area contributed by atoms with Crippen molar-refractivity contribution in [2.75, 3.05) is 5.75 Å². The Morgan fingerprint density at radius 2 is 1.82 bits per heavy atom. The molecule has 0 radical (unpaired) electrons. The van der Waals surface area contributed by atoms with E-state index in [-0.39, 0.29) is 17.1 Å². The molecule has 0 heterocycles. The molecular weight excluding hydrogens is 492 g/mol. The number of nitrogens with two attached hydrogens (primary N) is 2. The SMILES string of the molecule is CC(C)CCC[C@@H](C)[C@H]1CC[C@H]2[C@@H]3CC=C4CC(C(SC[C@H](N)C(N)=O)C(=O)O)CC[C@]4(C)[C@H]3CC[C@]12C. The lowest BCUT2D eigenvalue weighted by atomic mass is 9.46. The van der Waals surface area contributed by atoms with Crippen molar-refractivity contribution >= 4 is 23.6 Å². The van der Waals surface area contributed by atoms with Crippen molar-refractivity contribution in [3.05, 3.63) is 11.6 Å². The number of aliphatic carboxylic acids is 1. The number of rotatable bonds is 11. The molecule has 0 bridgehead atoms. The van der Waals surface area contributed by atoms with Gasteiger partial charge in [0.05, 0.1) is 6.04 Å². The van der Waals surface area contributed by atoms with Crippen LogP contribution >= 0.6 is 11.8 Å². The third-order valence-electron chi connectivity index (χ3n) is 11.8. The Hall–Kier alpha value is -1.01. The Balaban J connectivity index is 1.44. The van der Waals surface area contributed by atoms with E-state index in [1.165, 1.54) is 68.7 Å². The standard InChI is InChI=1S/C32H54N2O3S/c1-19(2)7-6-8-20(3)24-11-12-25-23-10-9-22-17-21(28(30(36)37)38-18-27(33)29(34)35)13-15-31(22,4)26(23)14-16-32(24,25)5/h9,19-21,23-28H,6-8,10-18,33H2,1-5H3,(H2,34,35)(H,36,37)/t20-,21?,23+,24-,25+,26+,27+,28?,31+,32-/m1/s1. The number of carboxylic acids is 1. The van der Waals surface area contributed by atoms with Gasteiger partial charge in [-0.05, 0) is 104 Å². The van der Waals surface area contributed by atoms with Crippen LogP contribution in [0.4, 0.5) is 0 Å². The van der Waals surface area contributed by atoms with Gasteiger partial charge >= 0.3 is 5.97 Å². The molecule has 3 saturated carbocycles. The zero-order valence-corrected chi connectivity index (χ0v) is 25.4. The summed E-state index contributed by atoms with van der Waals surface area (Å²) in [5.41, 5.74) is 13.3. The number of carboxylic acid groups (broad SMARTS) is 1. The molecule has 6 heteroatoms. The molecule has 4 aliphatic rings. The maximum atomic E-state index is 12.2. The van der Waals surface area contributed by atoms with Crippen molar-refractivity contribution in [2.45, 2.75) is 117 Å². The van der Waals surface area contributed by atoms with Gasteiger partial charge in [0.2, 0.25) is 5.91 Å². The Morgan fingerprint density at radius 3 is 2.47 bits per heavy atom. The molecule has 5 nitrogen and oxygen atoms in total. The van der Waals surface area contributed by atoms with E-state index >= 15 is 0 Å². The molecule has 2 unspecified atom stereocenters. The molecular formula is C32H54N2O3S. The van der Waals surface area contributed by atoms with E-state index in [9.17, 15) is 14.7 Å². The van der Waals surface area contributed by atoms with Crippen LogP contribution in [0.3, 0.4) is 0 Å². The van der Waals surface area contributed by atoms with Crippen molar-refractivity contribution in [3.63, 3.8) is 0 Å². The first kappa shape index (κ1) is 30.0. The number of hydrogen-bond donors (Lipinski definition) is 3. The smallest absolute Gasteiger partial charge is 0.316 e. The van der Waals surface area contributed by atoms with E-state index in [2.05, 4.69) is 40.7 Å². The molecule has 3 fully saturated rings. The van der Waals surface area contributed by atoms with Gasteiger partial charge in [0, 0.05) is 5.75 Å². The highest BCUT2D eigenvalue weighted by Crippen LogP contribution is 2.67. The van der Waals surface area contributed by atoms with Crippen LogP contribution < -0.4 is 11.5 Å². The van der Waals surface area contributed by atoms with E-state index in [1.54, 1.807) is 0 Å². The summed E-state index contributed by atoms with van der Waals surface area (Å²) < 4.78 is 0. The van der Waals surface area contributed by atoms with Gasteiger partial charge in [-0.15, -0.1) is 11.8 Å². The average Bonchev–Trinajstić information content (AvgIpc) is 3.20. The largest absolute Gasteiger partial charge is 0.480 e. The summed E-state index contributed by atoms with van der Waals surface area (Å²) in [6, 6.07) is -0.796. The highest BCUT2D eigenvalue weighted by atomic mass is 32.2. The predicted molar refractivity (Wildman–Crippen MR) is 158 cm³/mol. The monoisotopic (exact) mass is 546 g/mol. The molecule has 0 aromatic carbocycles. The third kappa shape index (κ3) is 5.73. The minimum atomic E-state index is -0.796. The molecule has 0 aromatic heterocycles. The maximum Gasteiger partial charge on any atom is 0.316 e. The maximum absolute atomic E-state index is 12.2. The van der Waals surface area contributed by atoms with Gasteiger partial charge in [-0.1, -0.05) is 65.5 Å². The summed E-state index contributed by atoms with van der Waals surface area (Å²) in [7, 11) is 0. The highest BCUT2D eigenvalue weighted by Gasteiger charge is 2.59. The Labute approximate surface area is 235 Å². The van der Waals surface area contributed by atoms with Gasteiger partial charge < -0.3 is 16.6 Å². The van der Waals surface area contributed by atoms with E-state index in [0.29, 0.717) is 5.41 Å². The van der Waals surface area contributed by atoms with E-state index < -0.39 is 23.2 Å². The quantitative estimate of drug-likeness (QED) is 0.252. The highest BCUT2D eigenvalue weighted by molar-refractivity contribution is 8.00. The van der Waals surface area contributed by atoms with Gasteiger partial charge in [-0.3, -0.25) is 9.59 Å². The number of hydrogen-bond acceptors (Lipinski definition) is 4. The van der Waals surface area contributed by atoms with Crippen molar-refractivity contribution in [1.82, 2.24) is 0 Å². The predicted octanol–water partition coefficient (Wildman–Crippen LogP) is 6.64. The van der Waals surface area contributed by atoms with Crippen LogP contribution in [-0.2, 0) is 9.59 Å². The summed E-state index contributed by atoms with van der Waals surface area (Å²) in [6.45, 7) is 12.4. The first-order valence-electron chi connectivity index (χ1n) is 15.5. The fourth-order valence-corrected chi connectivity index (χ4v) is 10.9. The number of allylic oxidation sites excluding steroid dienone is 2. The fraction of sp³-hybridized carbons (Fsp3) is 0.875. The minimum Gasteiger partial charge on any atom is -0.480 e. The summed E-state index contributed by atoms with van der Waals surface area (Å²) in [6.07, 6.45) is 16.2. The van der Waals surface area contributed by atoms with E-state index in [0.717, 1.165) is 54.8 Å². The molecule has 4 rings (SSSR count). The van der Waals surface area contributed by atoms with E-state index in [1.807, 2.05) is 0 Å². The van der Waals surface area contributed by atoms with Crippen LogP contribution in [0.1, 0.15) is 105 Å². The van der Waals surface area contributed by atoms with Crippen LogP contribution in [0.5, 0.6) is 0 Å². The number of fused-ring (bicyclic) bond motifs is 5. The first-order valence-corrected chi connectivity index (χ1v) is 16.5. The lowest BCUT2D eigenvalue weighted by Gasteiger charge is -2.59. The number of carbonyl (C=O) groups is 2. The van der Waals surface area contributed by atoms with Crippen LogP contribution in [0, 0.1) is 52.3 Å². The van der Waals surface area contributed by atoms with Crippen LogP contribution in [0.25, 0.3) is 0 Å². The number of amides is 1. The second kappa shape index (κ2) is 11.8. The zero-order chi connectivity index (χ0) is 27.8. The summed E-state index contributed by atoms with van der Waals surface area (Å²) in [5, 5.41) is 9.47. The molecule has 1 amide bonds. The molecule has 216 valence electrons. The van der Waals surface area contributed by atoms with Gasteiger partial charge in [0.25, 0.3) is 0 Å². The molecule has 0 aliphatic heterocycles. The lowest BCUT2D eigenvalue weighted by molar-refractivity contribution is -0.137. The molecule has 10 atom stereocenters. The molecule has 5 N–H and O–H groups in total. The van der Waals surface area contributed by atoms with Gasteiger partial charge in [0.1, 0.15) is 5.25 Å². The molecule has 0 spiro atoms. The minimum absolute atomic E-state index is 0.0878. The van der Waals surface area contributed by atoms with Crippen molar-refractivity contribution in [2.24, 2.45) is 63.7 Å².